The van der Waals surface area contributed by atoms with Crippen molar-refractivity contribution in [1.29, 1.82) is 0 Å². The van der Waals surface area contributed by atoms with E-state index in [0.29, 0.717) is 6.61 Å². The summed E-state index contributed by atoms with van der Waals surface area (Å²) >= 11 is 0. The van der Waals surface area contributed by atoms with Gasteiger partial charge in [0.25, 0.3) is 0 Å². The summed E-state index contributed by atoms with van der Waals surface area (Å²) in [6.07, 6.45) is 0.993. The van der Waals surface area contributed by atoms with Crippen molar-refractivity contribution in [2.75, 3.05) is 6.61 Å². The highest BCUT2D eigenvalue weighted by atomic mass is 16.5. The molecular weight excluding hydrogens is 140 g/mol. The number of hydrazine groups is 1. The molecule has 0 rings (SSSR count). The smallest absolute Gasteiger partial charge is 0.0640 e. The van der Waals surface area contributed by atoms with Gasteiger partial charge in [-0.1, -0.05) is 6.92 Å². The first-order valence-electron chi connectivity index (χ1n) is 4.09. The maximum atomic E-state index is 5.53. The van der Waals surface area contributed by atoms with E-state index in [9.17, 15) is 0 Å². The summed E-state index contributed by atoms with van der Waals surface area (Å²) in [5.41, 5.74) is 2.63. The van der Waals surface area contributed by atoms with Crippen LogP contribution in [-0.4, -0.2) is 18.2 Å². The van der Waals surface area contributed by atoms with Crippen molar-refractivity contribution in [1.82, 2.24) is 5.43 Å². The van der Waals surface area contributed by atoms with Crippen molar-refractivity contribution in [2.45, 2.75) is 45.8 Å². The summed E-state index contributed by atoms with van der Waals surface area (Å²) in [7, 11) is 0. The highest BCUT2D eigenvalue weighted by molar-refractivity contribution is 4.64. The summed E-state index contributed by atoms with van der Waals surface area (Å²) in [5.74, 6) is 5.28. The topological polar surface area (TPSA) is 47.3 Å². The largest absolute Gasteiger partial charge is 0.374 e. The highest BCUT2D eigenvalue weighted by Crippen LogP contribution is 2.07. The molecule has 0 saturated carbocycles. The van der Waals surface area contributed by atoms with Crippen molar-refractivity contribution >= 4 is 0 Å². The molecule has 0 aliphatic rings. The Kier molecular flexibility index (Phi) is 4.65. The van der Waals surface area contributed by atoms with Crippen LogP contribution >= 0.6 is 0 Å². The van der Waals surface area contributed by atoms with Crippen LogP contribution in [0, 0.1) is 0 Å². The van der Waals surface area contributed by atoms with Crippen LogP contribution in [0.5, 0.6) is 0 Å². The SMILES string of the molecule is CCC(COC(C)(C)C)NN. The van der Waals surface area contributed by atoms with Crippen molar-refractivity contribution in [3.63, 3.8) is 0 Å². The molecule has 0 aromatic carbocycles. The molecule has 3 nitrogen and oxygen atoms in total. The third kappa shape index (κ3) is 6.28. The molecule has 0 spiro atoms. The number of hydrogen-bond donors (Lipinski definition) is 2. The third-order valence-corrected chi connectivity index (χ3v) is 1.45. The molecule has 0 fully saturated rings. The number of rotatable bonds is 4. The molecule has 0 bridgehead atoms. The number of ether oxygens (including phenoxy) is 1. The van der Waals surface area contributed by atoms with Crippen LogP contribution in [0.3, 0.4) is 0 Å². The second-order valence-electron chi connectivity index (χ2n) is 3.70. The van der Waals surface area contributed by atoms with Crippen LogP contribution in [-0.2, 0) is 4.74 Å². The summed E-state index contributed by atoms with van der Waals surface area (Å²) in [6.45, 7) is 8.87. The molecule has 0 aromatic heterocycles. The standard InChI is InChI=1S/C8H20N2O/c1-5-7(10-9)6-11-8(2,3)4/h7,10H,5-6,9H2,1-4H3. The highest BCUT2D eigenvalue weighted by Gasteiger charge is 2.12. The van der Waals surface area contributed by atoms with E-state index < -0.39 is 0 Å². The predicted octanol–water partition coefficient (Wildman–Crippen LogP) is 1.04. The van der Waals surface area contributed by atoms with Gasteiger partial charge in [0, 0.05) is 6.04 Å². The fourth-order valence-corrected chi connectivity index (χ4v) is 0.634. The van der Waals surface area contributed by atoms with Gasteiger partial charge in [0.2, 0.25) is 0 Å². The normalized spacial score (nSPS) is 15.0. The van der Waals surface area contributed by atoms with Crippen LogP contribution < -0.4 is 11.3 Å². The van der Waals surface area contributed by atoms with Crippen molar-refractivity contribution in [2.24, 2.45) is 5.84 Å². The van der Waals surface area contributed by atoms with Gasteiger partial charge in [-0.25, -0.2) is 0 Å². The third-order valence-electron chi connectivity index (χ3n) is 1.45. The molecule has 68 valence electrons. The van der Waals surface area contributed by atoms with Crippen LogP contribution in [0.2, 0.25) is 0 Å². The van der Waals surface area contributed by atoms with E-state index in [2.05, 4.69) is 12.3 Å². The van der Waals surface area contributed by atoms with Crippen LogP contribution in [0.4, 0.5) is 0 Å². The van der Waals surface area contributed by atoms with Gasteiger partial charge in [-0.05, 0) is 27.2 Å². The Morgan fingerprint density at radius 2 is 2.00 bits per heavy atom. The lowest BCUT2D eigenvalue weighted by Crippen LogP contribution is -2.40. The zero-order chi connectivity index (χ0) is 8.91. The summed E-state index contributed by atoms with van der Waals surface area (Å²) in [4.78, 5) is 0. The lowest BCUT2D eigenvalue weighted by molar-refractivity contribution is -0.0148. The van der Waals surface area contributed by atoms with Gasteiger partial charge in [-0.3, -0.25) is 11.3 Å². The molecule has 3 N–H and O–H groups in total. The molecule has 0 aromatic rings. The Morgan fingerprint density at radius 3 is 2.27 bits per heavy atom. The van der Waals surface area contributed by atoms with E-state index >= 15 is 0 Å². The van der Waals surface area contributed by atoms with E-state index in [0.717, 1.165) is 6.42 Å². The Bertz CT molecular complexity index is 94.8. The predicted molar refractivity (Wildman–Crippen MR) is 47.1 cm³/mol. The summed E-state index contributed by atoms with van der Waals surface area (Å²) in [5, 5.41) is 0. The Labute approximate surface area is 69.3 Å². The molecule has 0 aliphatic carbocycles. The molecule has 3 heteroatoms. The van der Waals surface area contributed by atoms with Crippen molar-refractivity contribution in [3.8, 4) is 0 Å². The van der Waals surface area contributed by atoms with Gasteiger partial charge in [0.1, 0.15) is 0 Å². The molecule has 0 saturated heterocycles. The number of nitrogens with two attached hydrogens (primary N) is 1. The van der Waals surface area contributed by atoms with Gasteiger partial charge in [-0.2, -0.15) is 0 Å². The van der Waals surface area contributed by atoms with E-state index in [-0.39, 0.29) is 11.6 Å². The zero-order valence-corrected chi connectivity index (χ0v) is 7.98. The van der Waals surface area contributed by atoms with Crippen LogP contribution in [0.1, 0.15) is 34.1 Å². The fourth-order valence-electron chi connectivity index (χ4n) is 0.634. The molecule has 11 heavy (non-hydrogen) atoms. The van der Waals surface area contributed by atoms with E-state index in [1.54, 1.807) is 0 Å². The minimum Gasteiger partial charge on any atom is -0.374 e. The first-order chi connectivity index (χ1) is 4.99. The Hall–Kier alpha value is -0.120. The monoisotopic (exact) mass is 160 g/mol. The van der Waals surface area contributed by atoms with Gasteiger partial charge < -0.3 is 4.74 Å². The quantitative estimate of drug-likeness (QED) is 0.477. The number of hydrogen-bond acceptors (Lipinski definition) is 3. The molecule has 1 unspecified atom stereocenters. The second kappa shape index (κ2) is 4.70. The van der Waals surface area contributed by atoms with E-state index in [1.165, 1.54) is 0 Å². The molecule has 1 atom stereocenters. The summed E-state index contributed by atoms with van der Waals surface area (Å²) < 4.78 is 5.53. The molecule has 0 aliphatic heterocycles. The fraction of sp³-hybridized carbons (Fsp3) is 1.00. The van der Waals surface area contributed by atoms with Gasteiger partial charge >= 0.3 is 0 Å². The Morgan fingerprint density at radius 1 is 1.45 bits per heavy atom. The van der Waals surface area contributed by atoms with Gasteiger partial charge in [0.05, 0.1) is 12.2 Å². The maximum absolute atomic E-state index is 5.53. The maximum Gasteiger partial charge on any atom is 0.0640 e. The van der Waals surface area contributed by atoms with E-state index in [1.807, 2.05) is 20.8 Å². The van der Waals surface area contributed by atoms with E-state index in [4.69, 9.17) is 10.6 Å². The average Bonchev–Trinajstić information content (AvgIpc) is 1.88. The lowest BCUT2D eigenvalue weighted by atomic mass is 10.2. The van der Waals surface area contributed by atoms with Crippen LogP contribution in [0.15, 0.2) is 0 Å². The zero-order valence-electron chi connectivity index (χ0n) is 7.98. The molecule has 0 heterocycles. The lowest BCUT2D eigenvalue weighted by Gasteiger charge is -2.23. The average molecular weight is 160 g/mol. The number of nitrogens with one attached hydrogen (secondary N) is 1. The minimum absolute atomic E-state index is 0.0652. The molecular formula is C8H20N2O. The summed E-state index contributed by atoms with van der Waals surface area (Å²) in [6, 6.07) is 0.272. The second-order valence-corrected chi connectivity index (χ2v) is 3.70. The van der Waals surface area contributed by atoms with Crippen LogP contribution in [0.25, 0.3) is 0 Å². The molecule has 0 radical (unpaired) electrons. The first-order valence-corrected chi connectivity index (χ1v) is 4.09. The Balaban J connectivity index is 3.51. The van der Waals surface area contributed by atoms with Gasteiger partial charge in [-0.15, -0.1) is 0 Å². The van der Waals surface area contributed by atoms with Crippen molar-refractivity contribution in [3.05, 3.63) is 0 Å². The van der Waals surface area contributed by atoms with Crippen molar-refractivity contribution < 1.29 is 4.74 Å². The first kappa shape index (κ1) is 10.9. The van der Waals surface area contributed by atoms with Gasteiger partial charge in [0.15, 0.2) is 0 Å². The minimum atomic E-state index is -0.0652. The molecule has 0 amide bonds.